The molecule has 1 heterocycles. The van der Waals surface area contributed by atoms with Gasteiger partial charge in [-0.15, -0.1) is 11.3 Å². The largest absolute Gasteiger partial charge is 0.497 e. The SMILES string of the molecule is COc1ccc(C(N)=S)c(NCc2ccc(Br)s2)c1. The van der Waals surface area contributed by atoms with Gasteiger partial charge >= 0.3 is 0 Å². The Morgan fingerprint density at radius 3 is 2.79 bits per heavy atom. The molecule has 0 amide bonds. The molecule has 100 valence electrons. The number of hydrogen-bond acceptors (Lipinski definition) is 4. The van der Waals surface area contributed by atoms with Gasteiger partial charge in [-0.1, -0.05) is 12.2 Å². The predicted molar refractivity (Wildman–Crippen MR) is 88.2 cm³/mol. The van der Waals surface area contributed by atoms with Gasteiger partial charge < -0.3 is 15.8 Å². The normalized spacial score (nSPS) is 10.2. The van der Waals surface area contributed by atoms with Crippen LogP contribution in [0.5, 0.6) is 5.75 Å². The van der Waals surface area contributed by atoms with Crippen molar-refractivity contribution < 1.29 is 4.74 Å². The van der Waals surface area contributed by atoms with E-state index in [0.717, 1.165) is 27.3 Å². The first-order chi connectivity index (χ1) is 9.10. The number of hydrogen-bond donors (Lipinski definition) is 2. The molecule has 6 heteroatoms. The van der Waals surface area contributed by atoms with Gasteiger partial charge in [-0.05, 0) is 40.2 Å². The highest BCUT2D eigenvalue weighted by Crippen LogP contribution is 2.26. The number of thiocarbonyl (C=S) groups is 1. The Hall–Kier alpha value is -1.11. The summed E-state index contributed by atoms with van der Waals surface area (Å²) in [5.74, 6) is 0.773. The summed E-state index contributed by atoms with van der Waals surface area (Å²) in [6, 6.07) is 9.72. The van der Waals surface area contributed by atoms with Gasteiger partial charge in [0.25, 0.3) is 0 Å². The third kappa shape index (κ3) is 3.68. The number of anilines is 1. The maximum absolute atomic E-state index is 5.72. The smallest absolute Gasteiger partial charge is 0.120 e. The van der Waals surface area contributed by atoms with Crippen molar-refractivity contribution in [2.75, 3.05) is 12.4 Å². The molecule has 0 aliphatic rings. The minimum absolute atomic E-state index is 0.373. The van der Waals surface area contributed by atoms with Crippen LogP contribution in [-0.2, 0) is 6.54 Å². The molecule has 0 radical (unpaired) electrons. The maximum Gasteiger partial charge on any atom is 0.120 e. The standard InChI is InChI=1S/C13H13BrN2OS2/c1-17-8-2-4-10(13(15)18)11(6-8)16-7-9-3-5-12(14)19-9/h2-6,16H,7H2,1H3,(H2,15,18). The lowest BCUT2D eigenvalue weighted by Gasteiger charge is -2.12. The van der Waals surface area contributed by atoms with Crippen molar-refractivity contribution >= 4 is 50.2 Å². The second-order valence-corrected chi connectivity index (χ2v) is 6.82. The van der Waals surface area contributed by atoms with Crippen LogP contribution < -0.4 is 15.8 Å². The molecular formula is C13H13BrN2OS2. The molecule has 1 aromatic heterocycles. The molecule has 0 saturated carbocycles. The lowest BCUT2D eigenvalue weighted by atomic mass is 10.1. The Bertz CT molecular complexity index is 598. The van der Waals surface area contributed by atoms with E-state index in [4.69, 9.17) is 22.7 Å². The van der Waals surface area contributed by atoms with Crippen LogP contribution in [0.4, 0.5) is 5.69 Å². The molecule has 3 N–H and O–H groups in total. The molecule has 0 saturated heterocycles. The monoisotopic (exact) mass is 356 g/mol. The van der Waals surface area contributed by atoms with Crippen molar-refractivity contribution in [3.05, 3.63) is 44.6 Å². The van der Waals surface area contributed by atoms with Gasteiger partial charge in [0.1, 0.15) is 10.7 Å². The lowest BCUT2D eigenvalue weighted by molar-refractivity contribution is 0.415. The summed E-state index contributed by atoms with van der Waals surface area (Å²) in [5, 5.41) is 3.34. The number of rotatable bonds is 5. The molecule has 0 bridgehead atoms. The Kier molecular flexibility index (Phi) is 4.79. The molecule has 2 aromatic rings. The molecule has 0 aliphatic carbocycles. The summed E-state index contributed by atoms with van der Waals surface area (Å²) in [7, 11) is 1.63. The molecular weight excluding hydrogens is 344 g/mol. The summed E-state index contributed by atoms with van der Waals surface area (Å²) in [6.45, 7) is 0.721. The van der Waals surface area contributed by atoms with Crippen molar-refractivity contribution in [1.82, 2.24) is 0 Å². The Morgan fingerprint density at radius 2 is 2.21 bits per heavy atom. The molecule has 3 nitrogen and oxygen atoms in total. The van der Waals surface area contributed by atoms with Crippen molar-refractivity contribution in [3.63, 3.8) is 0 Å². The summed E-state index contributed by atoms with van der Waals surface area (Å²) >= 11 is 10.2. The van der Waals surface area contributed by atoms with E-state index in [1.165, 1.54) is 4.88 Å². The Labute approximate surface area is 129 Å². The number of halogens is 1. The quantitative estimate of drug-likeness (QED) is 0.800. The fourth-order valence-corrected chi connectivity index (χ4v) is 3.24. The molecule has 1 aromatic carbocycles. The highest BCUT2D eigenvalue weighted by Gasteiger charge is 2.07. The maximum atomic E-state index is 5.72. The van der Waals surface area contributed by atoms with E-state index >= 15 is 0 Å². The van der Waals surface area contributed by atoms with E-state index in [-0.39, 0.29) is 0 Å². The first-order valence-electron chi connectivity index (χ1n) is 5.56. The van der Waals surface area contributed by atoms with E-state index in [9.17, 15) is 0 Å². The fraction of sp³-hybridized carbons (Fsp3) is 0.154. The molecule has 2 rings (SSSR count). The van der Waals surface area contributed by atoms with Crippen LogP contribution >= 0.6 is 39.5 Å². The first kappa shape index (κ1) is 14.3. The van der Waals surface area contributed by atoms with Crippen LogP contribution in [0.15, 0.2) is 34.1 Å². The van der Waals surface area contributed by atoms with Gasteiger partial charge in [-0.3, -0.25) is 0 Å². The zero-order chi connectivity index (χ0) is 13.8. The van der Waals surface area contributed by atoms with Crippen LogP contribution in [0.2, 0.25) is 0 Å². The third-order valence-corrected chi connectivity index (χ3v) is 4.42. The molecule has 0 spiro atoms. The van der Waals surface area contributed by atoms with Crippen molar-refractivity contribution in [3.8, 4) is 5.75 Å². The molecule has 0 unspecified atom stereocenters. The molecule has 0 atom stereocenters. The average molecular weight is 357 g/mol. The molecule has 0 aliphatic heterocycles. The van der Waals surface area contributed by atoms with Gasteiger partial charge in [0.05, 0.1) is 10.9 Å². The zero-order valence-electron chi connectivity index (χ0n) is 10.3. The van der Waals surface area contributed by atoms with Crippen molar-refractivity contribution in [2.45, 2.75) is 6.54 Å². The second-order valence-electron chi connectivity index (χ2n) is 3.84. The topological polar surface area (TPSA) is 47.3 Å². The van der Waals surface area contributed by atoms with Crippen LogP contribution in [-0.4, -0.2) is 12.1 Å². The third-order valence-electron chi connectivity index (χ3n) is 2.57. The minimum atomic E-state index is 0.373. The summed E-state index contributed by atoms with van der Waals surface area (Å²) in [4.78, 5) is 1.60. The molecule has 0 fully saturated rings. The van der Waals surface area contributed by atoms with Crippen LogP contribution in [0.1, 0.15) is 10.4 Å². The Balaban J connectivity index is 2.19. The van der Waals surface area contributed by atoms with E-state index in [0.29, 0.717) is 4.99 Å². The number of thiophene rings is 1. The molecule has 19 heavy (non-hydrogen) atoms. The number of benzene rings is 1. The van der Waals surface area contributed by atoms with Crippen molar-refractivity contribution in [1.29, 1.82) is 0 Å². The second kappa shape index (κ2) is 6.36. The van der Waals surface area contributed by atoms with Crippen LogP contribution in [0, 0.1) is 0 Å². The van der Waals surface area contributed by atoms with Gasteiger partial charge in [0, 0.05) is 28.7 Å². The van der Waals surface area contributed by atoms with Gasteiger partial charge in [0.2, 0.25) is 0 Å². The van der Waals surface area contributed by atoms with Crippen LogP contribution in [0.3, 0.4) is 0 Å². The highest BCUT2D eigenvalue weighted by atomic mass is 79.9. The van der Waals surface area contributed by atoms with Gasteiger partial charge in [0.15, 0.2) is 0 Å². The number of methoxy groups -OCH3 is 1. The van der Waals surface area contributed by atoms with Gasteiger partial charge in [-0.25, -0.2) is 0 Å². The summed E-state index contributed by atoms with van der Waals surface area (Å²) in [6.07, 6.45) is 0. The van der Waals surface area contributed by atoms with Crippen molar-refractivity contribution in [2.24, 2.45) is 5.73 Å². The fourth-order valence-electron chi connectivity index (χ4n) is 1.64. The van der Waals surface area contributed by atoms with E-state index in [1.807, 2.05) is 24.3 Å². The summed E-state index contributed by atoms with van der Waals surface area (Å²) < 4.78 is 6.33. The number of nitrogens with one attached hydrogen (secondary N) is 1. The van der Waals surface area contributed by atoms with E-state index in [1.54, 1.807) is 18.4 Å². The zero-order valence-corrected chi connectivity index (χ0v) is 13.5. The lowest BCUT2D eigenvalue weighted by Crippen LogP contribution is -2.13. The first-order valence-corrected chi connectivity index (χ1v) is 7.58. The number of ether oxygens (including phenoxy) is 1. The minimum Gasteiger partial charge on any atom is -0.497 e. The highest BCUT2D eigenvalue weighted by molar-refractivity contribution is 9.11. The number of nitrogens with two attached hydrogens (primary N) is 1. The van der Waals surface area contributed by atoms with E-state index in [2.05, 4.69) is 27.3 Å². The predicted octanol–water partition coefficient (Wildman–Crippen LogP) is 3.77. The Morgan fingerprint density at radius 1 is 1.42 bits per heavy atom. The van der Waals surface area contributed by atoms with Gasteiger partial charge in [-0.2, -0.15) is 0 Å². The van der Waals surface area contributed by atoms with Crippen LogP contribution in [0.25, 0.3) is 0 Å². The average Bonchev–Trinajstić information content (AvgIpc) is 2.81. The summed E-state index contributed by atoms with van der Waals surface area (Å²) in [5.41, 5.74) is 7.44. The van der Waals surface area contributed by atoms with E-state index < -0.39 is 0 Å².